The molecule has 0 aliphatic heterocycles. The van der Waals surface area contributed by atoms with Gasteiger partial charge >= 0.3 is 0 Å². The first kappa shape index (κ1) is 17.5. The van der Waals surface area contributed by atoms with Gasteiger partial charge in [0, 0.05) is 17.6 Å². The van der Waals surface area contributed by atoms with Crippen molar-refractivity contribution in [1.82, 2.24) is 4.57 Å². The summed E-state index contributed by atoms with van der Waals surface area (Å²) in [4.78, 5) is 24.3. The van der Waals surface area contributed by atoms with Gasteiger partial charge in [0.2, 0.25) is 5.43 Å². The molecule has 0 spiro atoms. The molecule has 26 heavy (non-hydrogen) atoms. The summed E-state index contributed by atoms with van der Waals surface area (Å²) in [5, 5.41) is 0.410. The van der Waals surface area contributed by atoms with E-state index in [2.05, 4.69) is 0 Å². The first-order chi connectivity index (χ1) is 12.6. The van der Waals surface area contributed by atoms with Gasteiger partial charge in [-0.05, 0) is 38.1 Å². The highest BCUT2D eigenvalue weighted by atomic mass is 16.5. The van der Waals surface area contributed by atoms with Crippen molar-refractivity contribution < 1.29 is 14.3 Å². The normalized spacial score (nSPS) is 10.7. The number of nitrogens with zero attached hydrogens (tertiary/aromatic N) is 1. The van der Waals surface area contributed by atoms with E-state index in [9.17, 15) is 9.59 Å². The van der Waals surface area contributed by atoms with Crippen LogP contribution >= 0.6 is 0 Å². The second-order valence-corrected chi connectivity index (χ2v) is 5.62. The van der Waals surface area contributed by atoms with E-state index in [-0.39, 0.29) is 11.0 Å². The molecule has 2 N–H and O–H groups in total. The maximum absolute atomic E-state index is 12.6. The molecule has 2 aromatic carbocycles. The number of nitrogens with two attached hydrogens (primary N) is 1. The van der Waals surface area contributed by atoms with Crippen LogP contribution in [0, 0.1) is 0 Å². The number of primary amides is 1. The summed E-state index contributed by atoms with van der Waals surface area (Å²) >= 11 is 0. The molecule has 0 aliphatic rings. The second-order valence-electron chi connectivity index (χ2n) is 5.62. The van der Waals surface area contributed by atoms with Crippen molar-refractivity contribution in [3.8, 4) is 17.2 Å². The Kier molecular flexibility index (Phi) is 4.93. The van der Waals surface area contributed by atoms with Gasteiger partial charge in [0.05, 0.1) is 24.4 Å². The summed E-state index contributed by atoms with van der Waals surface area (Å²) in [5.74, 6) is 0.503. The van der Waals surface area contributed by atoms with Crippen LogP contribution in [0.2, 0.25) is 0 Å². The number of hydrogen-bond donors (Lipinski definition) is 1. The largest absolute Gasteiger partial charge is 0.494 e. The highest BCUT2D eigenvalue weighted by Crippen LogP contribution is 2.30. The fourth-order valence-corrected chi connectivity index (χ4v) is 2.87. The molecule has 3 aromatic rings. The van der Waals surface area contributed by atoms with Crippen LogP contribution in [0.1, 0.15) is 24.2 Å². The molecule has 134 valence electrons. The minimum atomic E-state index is -0.770. The lowest BCUT2D eigenvalue weighted by Gasteiger charge is -2.17. The number of carbonyl (C=O) groups excluding carboxylic acids is 1. The molecule has 6 nitrogen and oxygen atoms in total. The van der Waals surface area contributed by atoms with Crippen LogP contribution in [0.3, 0.4) is 0 Å². The average Bonchev–Trinajstić information content (AvgIpc) is 2.64. The molecule has 0 atom stereocenters. The zero-order valence-corrected chi connectivity index (χ0v) is 14.7. The predicted octanol–water partition coefficient (Wildman–Crippen LogP) is 2.89. The smallest absolute Gasteiger partial charge is 0.254 e. The van der Waals surface area contributed by atoms with Gasteiger partial charge < -0.3 is 19.8 Å². The van der Waals surface area contributed by atoms with Gasteiger partial charge in [-0.15, -0.1) is 0 Å². The molecule has 0 saturated carbocycles. The minimum absolute atomic E-state index is 0.0760. The number of pyridine rings is 1. The number of fused-ring (bicyclic) bond motifs is 1. The predicted molar refractivity (Wildman–Crippen MR) is 100 cm³/mol. The van der Waals surface area contributed by atoms with Gasteiger partial charge in [-0.1, -0.05) is 12.1 Å². The Balaban J connectivity index is 2.37. The van der Waals surface area contributed by atoms with Crippen molar-refractivity contribution in [2.75, 3.05) is 13.2 Å². The van der Waals surface area contributed by atoms with E-state index in [4.69, 9.17) is 15.2 Å². The quantitative estimate of drug-likeness (QED) is 0.739. The van der Waals surface area contributed by atoms with E-state index in [1.165, 1.54) is 6.20 Å². The lowest BCUT2D eigenvalue weighted by Crippen LogP contribution is -2.24. The molecule has 1 heterocycles. The highest BCUT2D eigenvalue weighted by molar-refractivity contribution is 5.96. The van der Waals surface area contributed by atoms with E-state index < -0.39 is 5.91 Å². The van der Waals surface area contributed by atoms with Crippen LogP contribution in [0.4, 0.5) is 0 Å². The van der Waals surface area contributed by atoms with E-state index in [0.29, 0.717) is 41.3 Å². The third-order valence-corrected chi connectivity index (χ3v) is 3.98. The Morgan fingerprint density at radius 2 is 1.81 bits per heavy atom. The first-order valence-corrected chi connectivity index (χ1v) is 8.41. The van der Waals surface area contributed by atoms with Crippen LogP contribution in [-0.2, 0) is 0 Å². The van der Waals surface area contributed by atoms with Gasteiger partial charge in [-0.25, -0.2) is 0 Å². The van der Waals surface area contributed by atoms with E-state index in [1.54, 1.807) is 22.8 Å². The number of aromatic nitrogens is 1. The molecule has 3 rings (SSSR count). The zero-order valence-electron chi connectivity index (χ0n) is 14.7. The third-order valence-electron chi connectivity index (χ3n) is 3.98. The van der Waals surface area contributed by atoms with Gasteiger partial charge in [-0.3, -0.25) is 9.59 Å². The van der Waals surface area contributed by atoms with E-state index >= 15 is 0 Å². The number of carbonyl (C=O) groups is 1. The molecule has 0 radical (unpaired) electrons. The fourth-order valence-electron chi connectivity index (χ4n) is 2.87. The third kappa shape index (κ3) is 3.13. The fraction of sp³-hybridized carbons (Fsp3) is 0.200. The Labute approximate surface area is 150 Å². The van der Waals surface area contributed by atoms with Crippen molar-refractivity contribution in [3.63, 3.8) is 0 Å². The van der Waals surface area contributed by atoms with Crippen LogP contribution in [0.5, 0.6) is 11.5 Å². The lowest BCUT2D eigenvalue weighted by molar-refractivity contribution is 0.0999. The first-order valence-electron chi connectivity index (χ1n) is 8.41. The van der Waals surface area contributed by atoms with Crippen LogP contribution < -0.4 is 20.6 Å². The van der Waals surface area contributed by atoms with Crippen molar-refractivity contribution in [3.05, 3.63) is 64.4 Å². The maximum Gasteiger partial charge on any atom is 0.254 e. The molecule has 0 unspecified atom stereocenters. The Morgan fingerprint density at radius 1 is 1.08 bits per heavy atom. The van der Waals surface area contributed by atoms with Crippen molar-refractivity contribution in [2.45, 2.75) is 13.8 Å². The van der Waals surface area contributed by atoms with E-state index in [0.717, 1.165) is 0 Å². The summed E-state index contributed by atoms with van der Waals surface area (Å²) < 4.78 is 13.1. The van der Waals surface area contributed by atoms with Crippen LogP contribution in [0.15, 0.2) is 53.5 Å². The van der Waals surface area contributed by atoms with Gasteiger partial charge in [0.25, 0.3) is 5.91 Å². The molecular weight excluding hydrogens is 332 g/mol. The Morgan fingerprint density at radius 3 is 2.50 bits per heavy atom. The molecule has 6 heteroatoms. The number of amides is 1. The van der Waals surface area contributed by atoms with Gasteiger partial charge in [0.15, 0.2) is 0 Å². The van der Waals surface area contributed by atoms with Crippen molar-refractivity contribution >= 4 is 16.8 Å². The van der Waals surface area contributed by atoms with Crippen LogP contribution in [-0.4, -0.2) is 23.7 Å². The highest BCUT2D eigenvalue weighted by Gasteiger charge is 2.16. The molecule has 0 fully saturated rings. The number of ether oxygens (including phenoxy) is 2. The summed E-state index contributed by atoms with van der Waals surface area (Å²) in [7, 11) is 0. The SMILES string of the molecule is CCOc1ccc(OCC)c(-n2cc(C(N)=O)c(=O)c3ccccc32)c1. The zero-order chi connectivity index (χ0) is 18.7. The number of para-hydroxylation sites is 1. The number of hydrogen-bond acceptors (Lipinski definition) is 4. The topological polar surface area (TPSA) is 83.5 Å². The minimum Gasteiger partial charge on any atom is -0.494 e. The molecular formula is C20H20N2O4. The number of benzene rings is 2. The average molecular weight is 352 g/mol. The van der Waals surface area contributed by atoms with E-state index in [1.807, 2.05) is 38.1 Å². The van der Waals surface area contributed by atoms with Gasteiger partial charge in [-0.2, -0.15) is 0 Å². The van der Waals surface area contributed by atoms with Crippen molar-refractivity contribution in [1.29, 1.82) is 0 Å². The molecule has 0 saturated heterocycles. The second kappa shape index (κ2) is 7.31. The van der Waals surface area contributed by atoms with Crippen molar-refractivity contribution in [2.24, 2.45) is 5.73 Å². The monoisotopic (exact) mass is 352 g/mol. The maximum atomic E-state index is 12.6. The molecule has 0 bridgehead atoms. The number of rotatable bonds is 6. The van der Waals surface area contributed by atoms with Crippen LogP contribution in [0.25, 0.3) is 16.6 Å². The summed E-state index contributed by atoms with van der Waals surface area (Å²) in [6.45, 7) is 4.78. The summed E-state index contributed by atoms with van der Waals surface area (Å²) in [6, 6.07) is 12.5. The summed E-state index contributed by atoms with van der Waals surface area (Å²) in [5.41, 5.74) is 6.27. The van der Waals surface area contributed by atoms with Gasteiger partial charge in [0.1, 0.15) is 17.1 Å². The molecule has 0 aliphatic carbocycles. The lowest BCUT2D eigenvalue weighted by atomic mass is 10.1. The molecule has 1 aromatic heterocycles. The molecule has 1 amide bonds. The summed E-state index contributed by atoms with van der Waals surface area (Å²) in [6.07, 6.45) is 1.46. The Hall–Kier alpha value is -3.28. The standard InChI is InChI=1S/C20H20N2O4/c1-3-25-13-9-10-18(26-4-2)17(11-13)22-12-15(20(21)24)19(23)14-7-5-6-8-16(14)22/h5-12H,3-4H2,1-2H3,(H2,21,24). The Bertz CT molecular complexity index is 1020.